The first kappa shape index (κ1) is 23.4. The second-order valence-electron chi connectivity index (χ2n) is 7.85. The van der Waals surface area contributed by atoms with Crippen molar-refractivity contribution in [3.05, 3.63) is 42.5 Å². The first-order valence-corrected chi connectivity index (χ1v) is 11.8. The van der Waals surface area contributed by atoms with E-state index in [1.54, 1.807) is 11.5 Å². The Bertz CT molecular complexity index is 1190. The molecular formula is C19H23Cl2N5O5S. The third kappa shape index (κ3) is 3.79. The minimum atomic E-state index is -0.903. The Morgan fingerprint density at radius 3 is 2.59 bits per heavy atom. The molecule has 2 aliphatic rings. The summed E-state index contributed by atoms with van der Waals surface area (Å²) in [6, 6.07) is 0. The number of hydrogen-bond donors (Lipinski definition) is 1. The maximum atomic E-state index is 13.5. The Morgan fingerprint density at radius 2 is 2.03 bits per heavy atom. The van der Waals surface area contributed by atoms with Gasteiger partial charge in [0.25, 0.3) is 11.5 Å². The fourth-order valence-corrected chi connectivity index (χ4v) is 6.08. The van der Waals surface area contributed by atoms with E-state index in [-0.39, 0.29) is 35.6 Å². The van der Waals surface area contributed by atoms with Crippen LogP contribution in [0.3, 0.4) is 0 Å². The quantitative estimate of drug-likeness (QED) is 0.609. The molecule has 0 bridgehead atoms. The van der Waals surface area contributed by atoms with Crippen molar-refractivity contribution in [3.8, 4) is 0 Å². The minimum Gasteiger partial charge on any atom is -0.389 e. The average molecular weight is 504 g/mol. The lowest BCUT2D eigenvalue weighted by molar-refractivity contribution is -0.170. The van der Waals surface area contributed by atoms with Gasteiger partial charge in [0.1, 0.15) is 17.6 Å². The molecule has 2 aliphatic heterocycles. The van der Waals surface area contributed by atoms with Crippen LogP contribution in [-0.4, -0.2) is 59.3 Å². The Balaban J connectivity index is 1.84. The number of β-amino-alcohol motifs (C(OH)–C–C–N with tert-alkyl or cyclic N) is 1. The number of imidazole rings is 1. The van der Waals surface area contributed by atoms with E-state index in [4.69, 9.17) is 28.0 Å². The zero-order valence-electron chi connectivity index (χ0n) is 17.7. The number of rotatable bonds is 5. The van der Waals surface area contributed by atoms with Gasteiger partial charge in [-0.15, -0.1) is 11.8 Å². The summed E-state index contributed by atoms with van der Waals surface area (Å²) in [4.78, 5) is 49.0. The molecule has 1 amide bonds. The first-order valence-electron chi connectivity index (χ1n) is 10.2. The van der Waals surface area contributed by atoms with Gasteiger partial charge in [0.05, 0.1) is 29.2 Å². The number of fused-ring (bicyclic) bond motifs is 1. The van der Waals surface area contributed by atoms with Crippen LogP contribution in [0.2, 0.25) is 10.3 Å². The van der Waals surface area contributed by atoms with Crippen molar-refractivity contribution < 1.29 is 14.7 Å². The zero-order valence-corrected chi connectivity index (χ0v) is 20.1. The molecule has 0 aliphatic carbocycles. The highest BCUT2D eigenvalue weighted by Gasteiger charge is 2.46. The summed E-state index contributed by atoms with van der Waals surface area (Å²) < 4.78 is 4.25. The zero-order chi connectivity index (χ0) is 23.3. The smallest absolute Gasteiger partial charge is 0.331 e. The van der Waals surface area contributed by atoms with Crippen LogP contribution in [0.4, 0.5) is 0 Å². The van der Waals surface area contributed by atoms with Gasteiger partial charge in [0.2, 0.25) is 0 Å². The second-order valence-corrected chi connectivity index (χ2v) is 9.80. The van der Waals surface area contributed by atoms with E-state index in [9.17, 15) is 19.5 Å². The molecule has 1 N–H and O–H groups in total. The van der Waals surface area contributed by atoms with Crippen molar-refractivity contribution in [1.82, 2.24) is 23.7 Å². The lowest BCUT2D eigenvalue weighted by atomic mass is 9.96. The highest BCUT2D eigenvalue weighted by molar-refractivity contribution is 8.00. The minimum absolute atomic E-state index is 0.00145. The van der Waals surface area contributed by atoms with Crippen molar-refractivity contribution in [2.24, 2.45) is 7.05 Å². The summed E-state index contributed by atoms with van der Waals surface area (Å²) >= 11 is 13.7. The number of nitrogens with zero attached hydrogens (tertiary/aromatic N) is 5. The van der Waals surface area contributed by atoms with Gasteiger partial charge >= 0.3 is 5.69 Å². The van der Waals surface area contributed by atoms with Crippen LogP contribution in [0.1, 0.15) is 30.7 Å². The van der Waals surface area contributed by atoms with E-state index in [0.717, 1.165) is 9.63 Å². The van der Waals surface area contributed by atoms with Crippen molar-refractivity contribution in [1.29, 1.82) is 0 Å². The SMILES string of the molecule is CCCn1c2c(c(=O)n(C)c1=O)C(C(=O)N1C[C@H](O)CO1)C(Cn1c(C)nc(Cl)c1Cl)S2. The van der Waals surface area contributed by atoms with Crippen LogP contribution in [0.15, 0.2) is 14.6 Å². The highest BCUT2D eigenvalue weighted by atomic mass is 35.5. The molecule has 3 atom stereocenters. The fraction of sp³-hybridized carbons (Fsp3) is 0.579. The van der Waals surface area contributed by atoms with Gasteiger partial charge in [-0.1, -0.05) is 30.1 Å². The summed E-state index contributed by atoms with van der Waals surface area (Å²) in [6.07, 6.45) is -0.121. The number of hydroxylamine groups is 2. The lowest BCUT2D eigenvalue weighted by Crippen LogP contribution is -2.43. The van der Waals surface area contributed by atoms with E-state index >= 15 is 0 Å². The van der Waals surface area contributed by atoms with Crippen molar-refractivity contribution in [2.45, 2.75) is 55.7 Å². The van der Waals surface area contributed by atoms with Gasteiger partial charge in [-0.3, -0.25) is 23.6 Å². The lowest BCUT2D eigenvalue weighted by Gasteiger charge is -2.24. The van der Waals surface area contributed by atoms with E-state index in [1.807, 2.05) is 6.92 Å². The molecule has 0 saturated carbocycles. The van der Waals surface area contributed by atoms with Crippen LogP contribution in [-0.2, 0) is 29.8 Å². The predicted molar refractivity (Wildman–Crippen MR) is 119 cm³/mol. The normalized spacial score (nSPS) is 22.6. The van der Waals surface area contributed by atoms with Gasteiger partial charge < -0.3 is 9.67 Å². The summed E-state index contributed by atoms with van der Waals surface area (Å²) in [7, 11) is 1.41. The van der Waals surface area contributed by atoms with Crippen LogP contribution in [0.5, 0.6) is 0 Å². The van der Waals surface area contributed by atoms with Crippen LogP contribution in [0, 0.1) is 6.92 Å². The monoisotopic (exact) mass is 503 g/mol. The van der Waals surface area contributed by atoms with Gasteiger partial charge in [-0.2, -0.15) is 0 Å². The number of halogens is 2. The largest absolute Gasteiger partial charge is 0.389 e. The van der Waals surface area contributed by atoms with E-state index in [1.165, 1.54) is 23.4 Å². The van der Waals surface area contributed by atoms with Gasteiger partial charge in [0.15, 0.2) is 5.15 Å². The third-order valence-electron chi connectivity index (χ3n) is 5.65. The number of thioether (sulfide) groups is 1. The Labute approximate surface area is 197 Å². The molecular weight excluding hydrogens is 481 g/mol. The number of amides is 1. The topological polar surface area (TPSA) is 112 Å². The van der Waals surface area contributed by atoms with Crippen molar-refractivity contribution in [2.75, 3.05) is 13.2 Å². The molecule has 4 heterocycles. The number of aliphatic hydroxyl groups excluding tert-OH is 1. The Hall–Kier alpha value is -1.79. The average Bonchev–Trinajstić information content (AvgIpc) is 3.42. The van der Waals surface area contributed by atoms with Crippen LogP contribution >= 0.6 is 35.0 Å². The molecule has 2 unspecified atom stereocenters. The van der Waals surface area contributed by atoms with Crippen molar-refractivity contribution in [3.63, 3.8) is 0 Å². The summed E-state index contributed by atoms with van der Waals surface area (Å²) in [5.74, 6) is -0.787. The number of carbonyl (C=O) groups excluding carboxylic acids is 1. The Morgan fingerprint density at radius 1 is 1.31 bits per heavy atom. The number of aliphatic hydroxyl groups is 1. The van der Waals surface area contributed by atoms with Gasteiger partial charge in [0, 0.05) is 25.4 Å². The molecule has 32 heavy (non-hydrogen) atoms. The van der Waals surface area contributed by atoms with Crippen molar-refractivity contribution >= 4 is 40.9 Å². The molecule has 4 rings (SSSR count). The standard InChI is InChI=1S/C19H23Cl2N5O5S/c1-4-5-24-18-13(16(28)23(3)19(24)30)12(17(29)26-6-10(27)8-31-26)11(32-18)7-25-9(2)22-14(20)15(25)21/h10-12,27H,4-8H2,1-3H3/t10-,11?,12?/m0/s1. The van der Waals surface area contributed by atoms with Gasteiger partial charge in [-0.05, 0) is 13.3 Å². The number of carbonyl (C=O) groups is 1. The van der Waals surface area contributed by atoms with Crippen LogP contribution in [0.25, 0.3) is 0 Å². The number of aryl methyl sites for hydroxylation is 1. The molecule has 10 nitrogen and oxygen atoms in total. The predicted octanol–water partition coefficient (Wildman–Crippen LogP) is 1.16. The number of hydrogen-bond acceptors (Lipinski definition) is 7. The number of aromatic nitrogens is 4. The molecule has 1 saturated heterocycles. The van der Waals surface area contributed by atoms with E-state index in [0.29, 0.717) is 23.8 Å². The van der Waals surface area contributed by atoms with Gasteiger partial charge in [-0.25, -0.2) is 14.8 Å². The maximum absolute atomic E-state index is 13.5. The third-order valence-corrected chi connectivity index (χ3v) is 7.78. The molecule has 2 aromatic rings. The fourth-order valence-electron chi connectivity index (χ4n) is 4.08. The second kappa shape index (κ2) is 8.86. The molecule has 174 valence electrons. The molecule has 0 aromatic carbocycles. The molecule has 0 radical (unpaired) electrons. The van der Waals surface area contributed by atoms with Crippen LogP contribution < -0.4 is 11.2 Å². The first-order chi connectivity index (χ1) is 15.1. The van der Waals surface area contributed by atoms with E-state index in [2.05, 4.69) is 4.98 Å². The maximum Gasteiger partial charge on any atom is 0.331 e. The highest BCUT2D eigenvalue weighted by Crippen LogP contribution is 2.46. The summed E-state index contributed by atoms with van der Waals surface area (Å²) in [5, 5.41) is 11.3. The van der Waals surface area contributed by atoms with E-state index < -0.39 is 34.4 Å². The summed E-state index contributed by atoms with van der Waals surface area (Å²) in [6.45, 7) is 4.32. The summed E-state index contributed by atoms with van der Waals surface area (Å²) in [5.41, 5.74) is -0.690. The molecule has 1 fully saturated rings. The molecule has 13 heteroatoms. The molecule has 0 spiro atoms. The molecule has 2 aromatic heterocycles. The Kier molecular flexibility index (Phi) is 6.47.